The van der Waals surface area contributed by atoms with Crippen molar-refractivity contribution in [2.75, 3.05) is 7.05 Å². The van der Waals surface area contributed by atoms with Crippen LogP contribution < -0.4 is 5.32 Å². The van der Waals surface area contributed by atoms with Gasteiger partial charge >= 0.3 is 0 Å². The van der Waals surface area contributed by atoms with E-state index in [9.17, 15) is 0 Å². The van der Waals surface area contributed by atoms with E-state index in [1.165, 1.54) is 56.1 Å². The minimum Gasteiger partial charge on any atom is -0.313 e. The molecule has 18 heavy (non-hydrogen) atoms. The second-order valence-electron chi connectivity index (χ2n) is 5.85. The van der Waals surface area contributed by atoms with Crippen molar-refractivity contribution >= 4 is 0 Å². The maximum Gasteiger partial charge on any atom is 0.0320 e. The molecule has 1 aliphatic carbocycles. The highest BCUT2D eigenvalue weighted by Crippen LogP contribution is 2.31. The molecule has 1 aliphatic rings. The number of benzene rings is 1. The predicted octanol–water partition coefficient (Wildman–Crippen LogP) is 4.62. The fraction of sp³-hybridized carbons (Fsp3) is 0.647. The Morgan fingerprint density at radius 2 is 1.67 bits per heavy atom. The van der Waals surface area contributed by atoms with Crippen LogP contribution in [0.15, 0.2) is 24.3 Å². The highest BCUT2D eigenvalue weighted by atomic mass is 14.9. The third kappa shape index (κ3) is 3.84. The molecule has 0 radical (unpaired) electrons. The monoisotopic (exact) mass is 245 g/mol. The molecule has 1 saturated carbocycles. The first kappa shape index (κ1) is 13.6. The van der Waals surface area contributed by atoms with Crippen LogP contribution in [0.2, 0.25) is 0 Å². The van der Waals surface area contributed by atoms with Gasteiger partial charge < -0.3 is 5.32 Å². The molecule has 2 rings (SSSR count). The summed E-state index contributed by atoms with van der Waals surface area (Å²) in [5, 5.41) is 3.51. The van der Waals surface area contributed by atoms with Gasteiger partial charge in [0.25, 0.3) is 0 Å². The lowest BCUT2D eigenvalue weighted by Crippen LogP contribution is -2.19. The minimum atomic E-state index is 0.536. The van der Waals surface area contributed by atoms with Crippen LogP contribution in [0.1, 0.15) is 62.1 Å². The van der Waals surface area contributed by atoms with Crippen LogP contribution in [0.3, 0.4) is 0 Å². The first-order valence-electron chi connectivity index (χ1n) is 7.53. The Balaban J connectivity index is 1.97. The van der Waals surface area contributed by atoms with E-state index in [1.807, 2.05) is 0 Å². The van der Waals surface area contributed by atoms with E-state index in [4.69, 9.17) is 0 Å². The lowest BCUT2D eigenvalue weighted by Gasteiger charge is -2.22. The normalized spacial score (nSPS) is 19.4. The molecule has 1 N–H and O–H groups in total. The maximum absolute atomic E-state index is 3.51. The third-order valence-corrected chi connectivity index (χ3v) is 4.37. The maximum atomic E-state index is 3.51. The molecule has 0 spiro atoms. The second-order valence-corrected chi connectivity index (χ2v) is 5.85. The van der Waals surface area contributed by atoms with Gasteiger partial charge in [-0.2, -0.15) is 0 Å². The molecule has 0 saturated heterocycles. The standard InChI is InChI=1S/C17H27N/c1-14-9-11-16(12-10-14)17(18-2)13-15-7-5-3-4-6-8-15/h9-12,15,17-18H,3-8,13H2,1-2H3. The zero-order chi connectivity index (χ0) is 12.8. The summed E-state index contributed by atoms with van der Waals surface area (Å²) >= 11 is 0. The molecule has 1 unspecified atom stereocenters. The molecule has 0 heterocycles. The van der Waals surface area contributed by atoms with Crippen LogP contribution in [0.4, 0.5) is 0 Å². The van der Waals surface area contributed by atoms with Gasteiger partial charge in [-0.05, 0) is 31.9 Å². The van der Waals surface area contributed by atoms with Gasteiger partial charge in [-0.15, -0.1) is 0 Å². The van der Waals surface area contributed by atoms with E-state index in [-0.39, 0.29) is 0 Å². The summed E-state index contributed by atoms with van der Waals surface area (Å²) in [6, 6.07) is 9.56. The van der Waals surface area contributed by atoms with Crippen molar-refractivity contribution in [1.82, 2.24) is 5.32 Å². The Bertz CT molecular complexity index is 333. The zero-order valence-corrected chi connectivity index (χ0v) is 11.9. The van der Waals surface area contributed by atoms with Crippen molar-refractivity contribution in [3.63, 3.8) is 0 Å². The smallest absolute Gasteiger partial charge is 0.0320 e. The zero-order valence-electron chi connectivity index (χ0n) is 11.9. The summed E-state index contributed by atoms with van der Waals surface area (Å²) in [5.41, 5.74) is 2.80. The van der Waals surface area contributed by atoms with Crippen LogP contribution >= 0.6 is 0 Å². The van der Waals surface area contributed by atoms with E-state index in [0.29, 0.717) is 6.04 Å². The van der Waals surface area contributed by atoms with Gasteiger partial charge in [-0.25, -0.2) is 0 Å². The summed E-state index contributed by atoms with van der Waals surface area (Å²) in [6.07, 6.45) is 9.95. The Hall–Kier alpha value is -0.820. The average Bonchev–Trinajstić information content (AvgIpc) is 2.66. The highest BCUT2D eigenvalue weighted by Gasteiger charge is 2.18. The molecule has 0 aromatic heterocycles. The first-order valence-corrected chi connectivity index (χ1v) is 7.53. The van der Waals surface area contributed by atoms with Crippen molar-refractivity contribution < 1.29 is 0 Å². The van der Waals surface area contributed by atoms with Crippen LogP contribution in [0, 0.1) is 12.8 Å². The van der Waals surface area contributed by atoms with Gasteiger partial charge in [-0.3, -0.25) is 0 Å². The molecule has 100 valence electrons. The number of hydrogen-bond donors (Lipinski definition) is 1. The third-order valence-electron chi connectivity index (χ3n) is 4.37. The van der Waals surface area contributed by atoms with Gasteiger partial charge in [0, 0.05) is 6.04 Å². The fourth-order valence-corrected chi connectivity index (χ4v) is 3.15. The Kier molecular flexibility index (Phi) is 5.25. The van der Waals surface area contributed by atoms with E-state index in [1.54, 1.807) is 0 Å². The van der Waals surface area contributed by atoms with Crippen LogP contribution in [-0.4, -0.2) is 7.05 Å². The molecule has 1 nitrogen and oxygen atoms in total. The number of aryl methyl sites for hydroxylation is 1. The molecule has 1 fully saturated rings. The van der Waals surface area contributed by atoms with Crippen molar-refractivity contribution in [3.05, 3.63) is 35.4 Å². The molecule has 1 aromatic rings. The lowest BCUT2D eigenvalue weighted by molar-refractivity contribution is 0.368. The van der Waals surface area contributed by atoms with Crippen molar-refractivity contribution in [1.29, 1.82) is 0 Å². The lowest BCUT2D eigenvalue weighted by atomic mass is 9.89. The SMILES string of the molecule is CNC(CC1CCCCCC1)c1ccc(C)cc1. The van der Waals surface area contributed by atoms with Crippen LogP contribution in [0.5, 0.6) is 0 Å². The largest absolute Gasteiger partial charge is 0.313 e. The number of rotatable bonds is 4. The molecule has 0 amide bonds. The van der Waals surface area contributed by atoms with Gasteiger partial charge in [-0.1, -0.05) is 68.4 Å². The topological polar surface area (TPSA) is 12.0 Å². The van der Waals surface area contributed by atoms with Gasteiger partial charge in [0.05, 0.1) is 0 Å². The van der Waals surface area contributed by atoms with E-state index in [0.717, 1.165) is 5.92 Å². The van der Waals surface area contributed by atoms with Gasteiger partial charge in [0.1, 0.15) is 0 Å². The summed E-state index contributed by atoms with van der Waals surface area (Å²) in [7, 11) is 2.10. The predicted molar refractivity (Wildman–Crippen MR) is 78.8 cm³/mol. The Morgan fingerprint density at radius 3 is 2.22 bits per heavy atom. The summed E-state index contributed by atoms with van der Waals surface area (Å²) in [5.74, 6) is 0.922. The van der Waals surface area contributed by atoms with E-state index >= 15 is 0 Å². The summed E-state index contributed by atoms with van der Waals surface area (Å²) in [4.78, 5) is 0. The molecule has 1 atom stereocenters. The Morgan fingerprint density at radius 1 is 1.06 bits per heavy atom. The van der Waals surface area contributed by atoms with Crippen molar-refractivity contribution in [2.45, 2.75) is 57.9 Å². The van der Waals surface area contributed by atoms with Gasteiger partial charge in [0.2, 0.25) is 0 Å². The summed E-state index contributed by atoms with van der Waals surface area (Å²) in [6.45, 7) is 2.16. The molecule has 1 aromatic carbocycles. The minimum absolute atomic E-state index is 0.536. The van der Waals surface area contributed by atoms with Crippen LogP contribution in [0.25, 0.3) is 0 Å². The average molecular weight is 245 g/mol. The quantitative estimate of drug-likeness (QED) is 0.763. The van der Waals surface area contributed by atoms with E-state index < -0.39 is 0 Å². The van der Waals surface area contributed by atoms with Crippen LogP contribution in [-0.2, 0) is 0 Å². The summed E-state index contributed by atoms with van der Waals surface area (Å²) < 4.78 is 0. The molecular weight excluding hydrogens is 218 g/mol. The molecule has 1 heteroatoms. The molecular formula is C17H27N. The van der Waals surface area contributed by atoms with Crippen molar-refractivity contribution in [3.8, 4) is 0 Å². The Labute approximate surface area is 112 Å². The molecule has 0 aliphatic heterocycles. The van der Waals surface area contributed by atoms with E-state index in [2.05, 4.69) is 43.6 Å². The second kappa shape index (κ2) is 6.94. The van der Waals surface area contributed by atoms with Gasteiger partial charge in [0.15, 0.2) is 0 Å². The first-order chi connectivity index (χ1) is 8.79. The van der Waals surface area contributed by atoms with Crippen molar-refractivity contribution in [2.24, 2.45) is 5.92 Å². The fourth-order valence-electron chi connectivity index (χ4n) is 3.15. The number of hydrogen-bond acceptors (Lipinski definition) is 1. The molecule has 0 bridgehead atoms. The number of nitrogens with one attached hydrogen (secondary N) is 1. The highest BCUT2D eigenvalue weighted by molar-refractivity contribution is 5.24.